The summed E-state index contributed by atoms with van der Waals surface area (Å²) in [6, 6.07) is 23.5. The van der Waals surface area contributed by atoms with Gasteiger partial charge in [0.2, 0.25) is 0 Å². The van der Waals surface area contributed by atoms with Gasteiger partial charge < -0.3 is 19.5 Å². The van der Waals surface area contributed by atoms with E-state index in [0.29, 0.717) is 30.0 Å². The summed E-state index contributed by atoms with van der Waals surface area (Å²) in [5.74, 6) is 1.19. The molecule has 0 bridgehead atoms. The Labute approximate surface area is 175 Å². The van der Waals surface area contributed by atoms with Crippen molar-refractivity contribution in [1.29, 1.82) is 0 Å². The monoisotopic (exact) mass is 405 g/mol. The number of benzene rings is 3. The van der Waals surface area contributed by atoms with E-state index in [0.717, 1.165) is 11.3 Å². The van der Waals surface area contributed by atoms with E-state index in [2.05, 4.69) is 5.32 Å². The Balaban J connectivity index is 1.39. The fraction of sp³-hybridized carbons (Fsp3) is 0.167. The van der Waals surface area contributed by atoms with Gasteiger partial charge in [-0.15, -0.1) is 0 Å². The molecule has 0 atom stereocenters. The Morgan fingerprint density at radius 1 is 0.800 bits per heavy atom. The van der Waals surface area contributed by atoms with E-state index in [1.54, 1.807) is 31.4 Å². The molecule has 3 aromatic carbocycles. The van der Waals surface area contributed by atoms with E-state index >= 15 is 0 Å². The normalized spacial score (nSPS) is 10.2. The summed E-state index contributed by atoms with van der Waals surface area (Å²) in [5.41, 5.74) is 1.42. The van der Waals surface area contributed by atoms with Crippen molar-refractivity contribution in [3.05, 3.63) is 90.0 Å². The topological polar surface area (TPSA) is 73.9 Å². The molecule has 154 valence electrons. The number of carbonyl (C=O) groups is 2. The van der Waals surface area contributed by atoms with Gasteiger partial charge in [-0.2, -0.15) is 0 Å². The van der Waals surface area contributed by atoms with E-state index in [4.69, 9.17) is 14.2 Å². The lowest BCUT2D eigenvalue weighted by Crippen LogP contribution is -2.30. The molecule has 6 heteroatoms. The Morgan fingerprint density at radius 2 is 1.43 bits per heavy atom. The summed E-state index contributed by atoms with van der Waals surface area (Å²) in [6.07, 6.45) is 0.673. The van der Waals surface area contributed by atoms with Gasteiger partial charge in [-0.1, -0.05) is 30.3 Å². The van der Waals surface area contributed by atoms with Crippen LogP contribution >= 0.6 is 0 Å². The average Bonchev–Trinajstić information content (AvgIpc) is 2.79. The maximum Gasteiger partial charge on any atom is 0.338 e. The van der Waals surface area contributed by atoms with Crippen LogP contribution in [0.1, 0.15) is 15.9 Å². The fourth-order valence-electron chi connectivity index (χ4n) is 2.69. The summed E-state index contributed by atoms with van der Waals surface area (Å²) >= 11 is 0. The van der Waals surface area contributed by atoms with Crippen molar-refractivity contribution in [3.8, 4) is 17.2 Å². The number of hydrogen-bond donors (Lipinski definition) is 1. The van der Waals surface area contributed by atoms with Crippen molar-refractivity contribution in [2.45, 2.75) is 6.42 Å². The highest BCUT2D eigenvalue weighted by molar-refractivity contribution is 5.91. The maximum absolute atomic E-state index is 12.1. The summed E-state index contributed by atoms with van der Waals surface area (Å²) < 4.78 is 15.9. The third-order valence-electron chi connectivity index (χ3n) is 4.30. The Kier molecular flexibility index (Phi) is 7.44. The number of nitrogens with one attached hydrogen (secondary N) is 1. The first kappa shape index (κ1) is 20.9. The van der Waals surface area contributed by atoms with Crippen molar-refractivity contribution >= 4 is 11.9 Å². The van der Waals surface area contributed by atoms with Gasteiger partial charge >= 0.3 is 5.97 Å². The van der Waals surface area contributed by atoms with Gasteiger partial charge in [0.1, 0.15) is 17.2 Å². The van der Waals surface area contributed by atoms with Crippen LogP contribution in [0.4, 0.5) is 0 Å². The lowest BCUT2D eigenvalue weighted by molar-refractivity contribution is -0.124. The molecular formula is C24H23NO5. The molecule has 0 aliphatic carbocycles. The average molecular weight is 405 g/mol. The predicted molar refractivity (Wildman–Crippen MR) is 113 cm³/mol. The highest BCUT2D eigenvalue weighted by Gasteiger charge is 2.10. The van der Waals surface area contributed by atoms with Crippen LogP contribution in [0.15, 0.2) is 78.9 Å². The molecule has 0 aromatic heterocycles. The first-order valence-corrected chi connectivity index (χ1v) is 9.54. The van der Waals surface area contributed by atoms with Crippen molar-refractivity contribution in [1.82, 2.24) is 5.32 Å². The number of esters is 1. The second kappa shape index (κ2) is 10.7. The minimum absolute atomic E-state index is 0.330. The molecule has 1 amide bonds. The standard InChI is InChI=1S/C24H23NO5/c1-28-20-11-7-18(8-12-20)15-16-25-23(26)17-29-24(27)19-9-13-22(14-10-19)30-21-5-3-2-4-6-21/h2-14H,15-17H2,1H3,(H,25,26). The molecule has 0 unspecified atom stereocenters. The van der Waals surface area contributed by atoms with E-state index in [1.165, 1.54) is 0 Å². The quantitative estimate of drug-likeness (QED) is 0.545. The van der Waals surface area contributed by atoms with Gasteiger partial charge in [0, 0.05) is 6.54 Å². The fourth-order valence-corrected chi connectivity index (χ4v) is 2.69. The first-order chi connectivity index (χ1) is 14.6. The number of amides is 1. The van der Waals surface area contributed by atoms with Gasteiger partial charge in [0.05, 0.1) is 12.7 Å². The summed E-state index contributed by atoms with van der Waals surface area (Å²) in [6.45, 7) is 0.123. The highest BCUT2D eigenvalue weighted by atomic mass is 16.5. The predicted octanol–water partition coefficient (Wildman–Crippen LogP) is 4.00. The van der Waals surface area contributed by atoms with Gasteiger partial charge in [-0.3, -0.25) is 4.79 Å². The third kappa shape index (κ3) is 6.38. The van der Waals surface area contributed by atoms with Crippen LogP contribution in [0.3, 0.4) is 0 Å². The zero-order valence-corrected chi connectivity index (χ0v) is 16.7. The molecule has 0 radical (unpaired) electrons. The third-order valence-corrected chi connectivity index (χ3v) is 4.30. The van der Waals surface area contributed by atoms with Gasteiger partial charge in [-0.05, 0) is 60.5 Å². The lowest BCUT2D eigenvalue weighted by atomic mass is 10.1. The molecule has 0 aliphatic heterocycles. The second-order valence-electron chi connectivity index (χ2n) is 6.46. The van der Waals surface area contributed by atoms with Crippen molar-refractivity contribution in [2.24, 2.45) is 0 Å². The molecule has 0 fully saturated rings. The number of rotatable bonds is 9. The van der Waals surface area contributed by atoms with Crippen LogP contribution in [0.2, 0.25) is 0 Å². The smallest absolute Gasteiger partial charge is 0.338 e. The lowest BCUT2D eigenvalue weighted by Gasteiger charge is -2.08. The zero-order valence-electron chi connectivity index (χ0n) is 16.7. The number of methoxy groups -OCH3 is 1. The van der Waals surface area contributed by atoms with Gasteiger partial charge in [0.15, 0.2) is 6.61 Å². The van der Waals surface area contributed by atoms with E-state index in [-0.39, 0.29) is 12.5 Å². The number of ether oxygens (including phenoxy) is 3. The number of carbonyl (C=O) groups excluding carboxylic acids is 2. The minimum Gasteiger partial charge on any atom is -0.497 e. The van der Waals surface area contributed by atoms with Crippen molar-refractivity contribution in [3.63, 3.8) is 0 Å². The maximum atomic E-state index is 12.1. The van der Waals surface area contributed by atoms with Crippen LogP contribution in [-0.2, 0) is 16.0 Å². The molecule has 3 rings (SSSR count). The van der Waals surface area contributed by atoms with Gasteiger partial charge in [0.25, 0.3) is 5.91 Å². The zero-order chi connectivity index (χ0) is 21.2. The van der Waals surface area contributed by atoms with Crippen LogP contribution in [-0.4, -0.2) is 32.1 Å². The van der Waals surface area contributed by atoms with E-state index < -0.39 is 5.97 Å². The van der Waals surface area contributed by atoms with Crippen LogP contribution in [0.25, 0.3) is 0 Å². The minimum atomic E-state index is -0.563. The summed E-state index contributed by atoms with van der Waals surface area (Å²) in [7, 11) is 1.61. The van der Waals surface area contributed by atoms with E-state index in [9.17, 15) is 9.59 Å². The molecule has 0 aliphatic rings. The SMILES string of the molecule is COc1ccc(CCNC(=O)COC(=O)c2ccc(Oc3ccccc3)cc2)cc1. The van der Waals surface area contributed by atoms with Crippen LogP contribution in [0, 0.1) is 0 Å². The van der Waals surface area contributed by atoms with Gasteiger partial charge in [-0.25, -0.2) is 4.79 Å². The molecule has 3 aromatic rings. The summed E-state index contributed by atoms with van der Waals surface area (Å²) in [4.78, 5) is 24.0. The second-order valence-corrected chi connectivity index (χ2v) is 6.46. The van der Waals surface area contributed by atoms with Crippen LogP contribution in [0.5, 0.6) is 17.2 Å². The van der Waals surface area contributed by atoms with Crippen molar-refractivity contribution < 1.29 is 23.8 Å². The summed E-state index contributed by atoms with van der Waals surface area (Å²) in [5, 5.41) is 2.74. The molecular weight excluding hydrogens is 382 g/mol. The Bertz CT molecular complexity index is 953. The highest BCUT2D eigenvalue weighted by Crippen LogP contribution is 2.21. The van der Waals surface area contributed by atoms with Crippen molar-refractivity contribution in [2.75, 3.05) is 20.3 Å². The largest absolute Gasteiger partial charge is 0.497 e. The molecule has 6 nitrogen and oxygen atoms in total. The molecule has 30 heavy (non-hydrogen) atoms. The molecule has 0 spiro atoms. The number of hydrogen-bond acceptors (Lipinski definition) is 5. The molecule has 0 saturated carbocycles. The Morgan fingerprint density at radius 3 is 2.10 bits per heavy atom. The van der Waals surface area contributed by atoms with E-state index in [1.807, 2.05) is 54.6 Å². The Hall–Kier alpha value is -3.80. The number of para-hydroxylation sites is 1. The first-order valence-electron chi connectivity index (χ1n) is 9.54. The molecule has 0 heterocycles. The molecule has 0 saturated heterocycles. The molecule has 1 N–H and O–H groups in total. The van der Waals surface area contributed by atoms with Crippen LogP contribution < -0.4 is 14.8 Å².